The Morgan fingerprint density at radius 3 is 2.46 bits per heavy atom. The van der Waals surface area contributed by atoms with Gasteiger partial charge in [-0.05, 0) is 92.6 Å². The number of ether oxygens (including phenoxy) is 1. The average Bonchev–Trinajstić information content (AvgIpc) is 3.04. The van der Waals surface area contributed by atoms with Crippen molar-refractivity contribution in [1.29, 1.82) is 0 Å². The molecule has 5 rings (SSSR count). The Kier molecular flexibility index (Phi) is 4.60. The first-order valence-corrected chi connectivity index (χ1v) is 11.8. The van der Waals surface area contributed by atoms with Crippen molar-refractivity contribution in [2.45, 2.75) is 84.2 Å². The molecule has 2 nitrogen and oxygen atoms in total. The molecule has 0 amide bonds. The highest BCUT2D eigenvalue weighted by molar-refractivity contribution is 5.89. The normalized spacial score (nSPS) is 44.9. The fourth-order valence-corrected chi connectivity index (χ4v) is 8.21. The second-order valence-corrected chi connectivity index (χ2v) is 10.8. The molecule has 2 heteroatoms. The molecule has 4 fully saturated rings. The van der Waals surface area contributed by atoms with E-state index in [2.05, 4.69) is 13.8 Å². The first-order valence-electron chi connectivity index (χ1n) is 11.8. The van der Waals surface area contributed by atoms with Crippen LogP contribution in [0.25, 0.3) is 0 Å². The molecule has 1 aromatic carbocycles. The minimum absolute atomic E-state index is 0.100. The van der Waals surface area contributed by atoms with Gasteiger partial charge in [0, 0.05) is 5.41 Å². The van der Waals surface area contributed by atoms with Crippen molar-refractivity contribution in [3.8, 4) is 0 Å². The lowest BCUT2D eigenvalue weighted by Crippen LogP contribution is -2.53. The van der Waals surface area contributed by atoms with E-state index in [4.69, 9.17) is 4.74 Å². The largest absolute Gasteiger partial charge is 0.458 e. The predicted octanol–water partition coefficient (Wildman–Crippen LogP) is 6.64. The van der Waals surface area contributed by atoms with Crippen LogP contribution < -0.4 is 0 Å². The zero-order valence-corrected chi connectivity index (χ0v) is 17.7. The standard InChI is InChI=1S/C26H36O2/c1-25-16-7-6-10-19(25)11-12-20-21-13-14-23(26(21,2)17-15-22(20)25)28-24(27)18-8-4-3-5-9-18/h3-5,8-9,19-23H,6-7,10-17H2,1-2H3. The van der Waals surface area contributed by atoms with E-state index < -0.39 is 0 Å². The van der Waals surface area contributed by atoms with Crippen molar-refractivity contribution >= 4 is 5.97 Å². The highest BCUT2D eigenvalue weighted by Gasteiger charge is 2.60. The number of carbonyl (C=O) groups excluding carboxylic acids is 1. The van der Waals surface area contributed by atoms with Crippen LogP contribution in [0.4, 0.5) is 0 Å². The first kappa shape index (κ1) is 18.7. The van der Waals surface area contributed by atoms with E-state index in [0.717, 1.165) is 30.1 Å². The molecule has 7 atom stereocenters. The molecule has 0 saturated heterocycles. The zero-order chi connectivity index (χ0) is 19.4. The van der Waals surface area contributed by atoms with E-state index in [1.807, 2.05) is 30.3 Å². The highest BCUT2D eigenvalue weighted by Crippen LogP contribution is 2.66. The lowest BCUT2D eigenvalue weighted by Gasteiger charge is -2.60. The monoisotopic (exact) mass is 380 g/mol. The smallest absolute Gasteiger partial charge is 0.338 e. The van der Waals surface area contributed by atoms with E-state index in [1.165, 1.54) is 57.8 Å². The van der Waals surface area contributed by atoms with Crippen LogP contribution in [0.5, 0.6) is 0 Å². The SMILES string of the molecule is CC12CCCCC1CCC1C2CCC2(C)C(OC(=O)c3ccccc3)CCC12. The summed E-state index contributed by atoms with van der Waals surface area (Å²) >= 11 is 0. The van der Waals surface area contributed by atoms with Crippen molar-refractivity contribution in [2.24, 2.45) is 34.5 Å². The average molecular weight is 381 g/mol. The maximum absolute atomic E-state index is 12.7. The number of hydrogen-bond donors (Lipinski definition) is 0. The summed E-state index contributed by atoms with van der Waals surface area (Å²) in [5, 5.41) is 0. The van der Waals surface area contributed by atoms with Gasteiger partial charge >= 0.3 is 5.97 Å². The molecule has 0 radical (unpaired) electrons. The van der Waals surface area contributed by atoms with Gasteiger partial charge in [-0.15, -0.1) is 0 Å². The van der Waals surface area contributed by atoms with E-state index >= 15 is 0 Å². The third-order valence-corrected chi connectivity index (χ3v) is 9.76. The Hall–Kier alpha value is -1.31. The van der Waals surface area contributed by atoms with E-state index in [9.17, 15) is 4.79 Å². The quantitative estimate of drug-likeness (QED) is 0.537. The van der Waals surface area contributed by atoms with Crippen LogP contribution in [0, 0.1) is 34.5 Å². The van der Waals surface area contributed by atoms with Gasteiger partial charge < -0.3 is 4.74 Å². The summed E-state index contributed by atoms with van der Waals surface area (Å²) in [7, 11) is 0. The Balaban J connectivity index is 1.35. The van der Waals surface area contributed by atoms with E-state index in [-0.39, 0.29) is 17.5 Å². The summed E-state index contributed by atoms with van der Waals surface area (Å²) in [6.07, 6.45) is 13.7. The second-order valence-electron chi connectivity index (χ2n) is 10.8. The molecule has 7 unspecified atom stereocenters. The topological polar surface area (TPSA) is 26.3 Å². The molecule has 4 aliphatic carbocycles. The zero-order valence-electron chi connectivity index (χ0n) is 17.7. The van der Waals surface area contributed by atoms with Crippen LogP contribution in [-0.2, 0) is 4.74 Å². The lowest BCUT2D eigenvalue weighted by atomic mass is 9.45. The van der Waals surface area contributed by atoms with Crippen LogP contribution in [0.3, 0.4) is 0 Å². The van der Waals surface area contributed by atoms with Crippen molar-refractivity contribution in [1.82, 2.24) is 0 Å². The molecule has 0 heterocycles. The van der Waals surface area contributed by atoms with Crippen LogP contribution in [-0.4, -0.2) is 12.1 Å². The first-order chi connectivity index (χ1) is 13.5. The number of esters is 1. The summed E-state index contributed by atoms with van der Waals surface area (Å²) in [5.41, 5.74) is 1.46. The molecule has 0 spiro atoms. The molecule has 28 heavy (non-hydrogen) atoms. The minimum atomic E-state index is -0.127. The number of fused-ring (bicyclic) bond motifs is 5. The van der Waals surface area contributed by atoms with Crippen molar-refractivity contribution in [3.05, 3.63) is 35.9 Å². The molecule has 4 saturated carbocycles. The molecule has 0 bridgehead atoms. The van der Waals surface area contributed by atoms with Crippen LogP contribution in [0.2, 0.25) is 0 Å². The van der Waals surface area contributed by atoms with Gasteiger partial charge in [0.05, 0.1) is 5.56 Å². The summed E-state index contributed by atoms with van der Waals surface area (Å²) in [5.74, 6) is 3.36. The lowest BCUT2D eigenvalue weighted by molar-refractivity contribution is -0.122. The fraction of sp³-hybridized carbons (Fsp3) is 0.731. The molecule has 152 valence electrons. The van der Waals surface area contributed by atoms with Gasteiger partial charge in [-0.2, -0.15) is 0 Å². The molecule has 0 N–H and O–H groups in total. The molecule has 1 aromatic rings. The van der Waals surface area contributed by atoms with Crippen LogP contribution in [0.1, 0.15) is 88.4 Å². The van der Waals surface area contributed by atoms with Crippen LogP contribution in [0.15, 0.2) is 30.3 Å². The summed E-state index contributed by atoms with van der Waals surface area (Å²) in [6.45, 7) is 5.08. The van der Waals surface area contributed by atoms with Crippen LogP contribution >= 0.6 is 0 Å². The Bertz CT molecular complexity index is 727. The van der Waals surface area contributed by atoms with E-state index in [0.29, 0.717) is 11.0 Å². The number of benzene rings is 1. The van der Waals surface area contributed by atoms with Gasteiger partial charge in [-0.25, -0.2) is 4.79 Å². The third kappa shape index (κ3) is 2.77. The van der Waals surface area contributed by atoms with Gasteiger partial charge in [-0.1, -0.05) is 44.9 Å². The third-order valence-electron chi connectivity index (χ3n) is 9.76. The molecular formula is C26H36O2. The summed E-state index contributed by atoms with van der Waals surface area (Å²) in [6, 6.07) is 9.54. The van der Waals surface area contributed by atoms with Gasteiger partial charge in [0.15, 0.2) is 0 Å². The van der Waals surface area contributed by atoms with Gasteiger partial charge in [0.2, 0.25) is 0 Å². The highest BCUT2D eigenvalue weighted by atomic mass is 16.5. The Morgan fingerprint density at radius 1 is 0.857 bits per heavy atom. The Labute approximate surface area is 170 Å². The maximum atomic E-state index is 12.7. The van der Waals surface area contributed by atoms with Gasteiger partial charge in [-0.3, -0.25) is 0 Å². The van der Waals surface area contributed by atoms with Crippen molar-refractivity contribution in [3.63, 3.8) is 0 Å². The van der Waals surface area contributed by atoms with Crippen molar-refractivity contribution < 1.29 is 9.53 Å². The van der Waals surface area contributed by atoms with Gasteiger partial charge in [0.25, 0.3) is 0 Å². The minimum Gasteiger partial charge on any atom is -0.458 e. The molecular weight excluding hydrogens is 344 g/mol. The van der Waals surface area contributed by atoms with E-state index in [1.54, 1.807) is 0 Å². The number of carbonyl (C=O) groups is 1. The molecule has 4 aliphatic rings. The van der Waals surface area contributed by atoms with Gasteiger partial charge in [0.1, 0.15) is 6.10 Å². The van der Waals surface area contributed by atoms with Crippen molar-refractivity contribution in [2.75, 3.05) is 0 Å². The summed E-state index contributed by atoms with van der Waals surface area (Å²) < 4.78 is 6.14. The fourth-order valence-electron chi connectivity index (χ4n) is 8.21. The maximum Gasteiger partial charge on any atom is 0.338 e. The summed E-state index contributed by atoms with van der Waals surface area (Å²) in [4.78, 5) is 12.7. The second kappa shape index (κ2) is 6.89. The molecule has 0 aliphatic heterocycles. The Morgan fingerprint density at radius 2 is 1.64 bits per heavy atom. The predicted molar refractivity (Wildman–Crippen MR) is 112 cm³/mol. The number of hydrogen-bond acceptors (Lipinski definition) is 2. The number of rotatable bonds is 2. The molecule has 0 aromatic heterocycles.